The Balaban J connectivity index is 6.37. The van der Waals surface area contributed by atoms with Crippen LogP contribution in [-0.4, -0.2) is 259 Å². The molecule has 0 bridgehead atoms. The molecule has 3 unspecified atom stereocenters. The number of carbonyl (C=O) groups is 12. The molecule has 0 aromatic rings. The largest absolute Gasteiger partial charge is 0.459 e. The minimum atomic E-state index is -1.37. The molecule has 638 valence electrons. The van der Waals surface area contributed by atoms with Crippen LogP contribution in [0.15, 0.2) is 0 Å². The van der Waals surface area contributed by atoms with Crippen molar-refractivity contribution in [1.29, 1.82) is 0 Å². The standard InChI is InChI=1S/C79H143N7O24/c1-70(2,3)102-61(90)46-84(47-62(91)103-71(4,5)6)55(67(96)108-76(19,20)21)34-28-31-40-81-58(87)37-43-99-52-79(80,53-100-44-38-59(88)82-41-32-29-35-56(68(97)109-77(22,23)24)85(48-63(92)104-72(7,8)9)49-64(93)105-73(10,11)12)54-101-45-39-60(89)83-42-33-30-36-57(69(98)110-78(25,26)27)86(50-65(94)106-74(13,14)15)51-66(95)107-75(16,17)18/h55-57H,28-54,80H2,1-27H3,(H,81,87)(H,82,88)(H,83,89). The van der Waals surface area contributed by atoms with Gasteiger partial charge in [-0.05, 0) is 245 Å². The van der Waals surface area contributed by atoms with E-state index < -0.39 is 167 Å². The average molecular weight is 1580 g/mol. The smallest absolute Gasteiger partial charge is 0.323 e. The molecule has 0 aliphatic rings. The van der Waals surface area contributed by atoms with E-state index in [0.29, 0.717) is 38.5 Å². The van der Waals surface area contributed by atoms with Crippen molar-refractivity contribution in [2.45, 2.75) is 338 Å². The molecule has 0 radical (unpaired) electrons. The third-order valence-electron chi connectivity index (χ3n) is 14.1. The number of unbranched alkanes of at least 4 members (excludes halogenated alkanes) is 3. The Kier molecular flexibility index (Phi) is 44.3. The first-order valence-corrected chi connectivity index (χ1v) is 38.5. The summed E-state index contributed by atoms with van der Waals surface area (Å²) in [5, 5.41) is 8.55. The van der Waals surface area contributed by atoms with Gasteiger partial charge in [-0.3, -0.25) is 72.2 Å². The summed E-state index contributed by atoms with van der Waals surface area (Å²) in [7, 11) is 0. The fourth-order valence-electron chi connectivity index (χ4n) is 10.3. The number of amides is 3. The van der Waals surface area contributed by atoms with Crippen molar-refractivity contribution in [2.24, 2.45) is 5.73 Å². The van der Waals surface area contributed by atoms with Crippen LogP contribution < -0.4 is 21.7 Å². The zero-order valence-electron chi connectivity index (χ0n) is 72.0. The third kappa shape index (κ3) is 56.6. The lowest BCUT2D eigenvalue weighted by Crippen LogP contribution is -2.53. The second kappa shape index (κ2) is 47.1. The minimum Gasteiger partial charge on any atom is -0.459 e. The van der Waals surface area contributed by atoms with Crippen molar-refractivity contribution in [2.75, 3.05) is 98.5 Å². The molecule has 31 heteroatoms. The van der Waals surface area contributed by atoms with Gasteiger partial charge >= 0.3 is 53.7 Å². The Bertz CT molecular complexity index is 2500. The van der Waals surface area contributed by atoms with Crippen LogP contribution >= 0.6 is 0 Å². The van der Waals surface area contributed by atoms with Crippen LogP contribution in [0.2, 0.25) is 0 Å². The number of hydrogen-bond donors (Lipinski definition) is 4. The van der Waals surface area contributed by atoms with Gasteiger partial charge in [-0.1, -0.05) is 0 Å². The quantitative estimate of drug-likeness (QED) is 0.0256. The van der Waals surface area contributed by atoms with Crippen molar-refractivity contribution in [1.82, 2.24) is 30.7 Å². The fraction of sp³-hybridized carbons (Fsp3) is 0.848. The van der Waals surface area contributed by atoms with Crippen LogP contribution in [0, 0.1) is 0 Å². The minimum absolute atomic E-state index is 0.0886. The SMILES string of the molecule is CC(C)(C)OC(=O)CN(CC(=O)OC(C)(C)C)C(CCCCNC(=O)CCOCC(N)(COCCC(=O)NCCCCC(C(=O)OC(C)(C)C)N(CC(=O)OC(C)(C)C)CC(=O)OC(C)(C)C)COCCC(=O)NCCCCC(C(=O)OC(C)(C)C)N(CC(=O)OC(C)(C)C)CC(=O)OC(C)(C)C)C(=O)OC(C)(C)C. The average Bonchev–Trinajstić information content (AvgIpc) is 0.856. The van der Waals surface area contributed by atoms with Crippen molar-refractivity contribution < 1.29 is 114 Å². The lowest BCUT2D eigenvalue weighted by molar-refractivity contribution is -0.171. The van der Waals surface area contributed by atoms with Crippen LogP contribution in [0.1, 0.15) is 264 Å². The normalized spacial score (nSPS) is 14.1. The van der Waals surface area contributed by atoms with Gasteiger partial charge in [0.05, 0.1) is 84.4 Å². The molecule has 0 rings (SSSR count). The number of rotatable bonds is 48. The summed E-state index contributed by atoms with van der Waals surface area (Å²) in [5.41, 5.74) is -2.27. The molecule has 0 aromatic carbocycles. The van der Waals surface area contributed by atoms with Crippen molar-refractivity contribution in [3.63, 3.8) is 0 Å². The number of nitrogens with two attached hydrogens (primary N) is 1. The van der Waals surface area contributed by atoms with Crippen molar-refractivity contribution >= 4 is 71.4 Å². The first-order chi connectivity index (χ1) is 49.9. The van der Waals surface area contributed by atoms with Crippen LogP contribution in [0.3, 0.4) is 0 Å². The zero-order valence-corrected chi connectivity index (χ0v) is 72.0. The van der Waals surface area contributed by atoms with Gasteiger partial charge in [-0.2, -0.15) is 0 Å². The lowest BCUT2D eigenvalue weighted by atomic mass is 10.1. The maximum atomic E-state index is 13.8. The molecule has 31 nitrogen and oxygen atoms in total. The third-order valence-corrected chi connectivity index (χ3v) is 14.1. The Morgan fingerprint density at radius 3 is 0.609 bits per heavy atom. The predicted octanol–water partition coefficient (Wildman–Crippen LogP) is 7.85. The topological polar surface area (TPSA) is 387 Å². The van der Waals surface area contributed by atoms with Gasteiger partial charge in [0.1, 0.15) is 68.5 Å². The van der Waals surface area contributed by atoms with Crippen molar-refractivity contribution in [3.8, 4) is 0 Å². The number of nitrogens with zero attached hydrogens (tertiary/aromatic N) is 3. The van der Waals surface area contributed by atoms with E-state index in [9.17, 15) is 57.5 Å². The van der Waals surface area contributed by atoms with E-state index in [1.165, 1.54) is 14.7 Å². The predicted molar refractivity (Wildman–Crippen MR) is 412 cm³/mol. The molecule has 0 spiro atoms. The summed E-state index contributed by atoms with van der Waals surface area (Å²) in [6, 6.07) is -3.17. The van der Waals surface area contributed by atoms with E-state index in [4.69, 9.17) is 62.6 Å². The highest BCUT2D eigenvalue weighted by Crippen LogP contribution is 2.24. The number of carbonyl (C=O) groups excluding carboxylic acids is 12. The Morgan fingerprint density at radius 2 is 0.445 bits per heavy atom. The van der Waals surface area contributed by atoms with Gasteiger partial charge in [0.2, 0.25) is 17.7 Å². The summed E-state index contributed by atoms with van der Waals surface area (Å²) in [6.07, 6.45) is 2.48. The number of nitrogens with one attached hydrogen (secondary N) is 3. The molecule has 3 amide bonds. The molecule has 0 heterocycles. The second-order valence-electron chi connectivity index (χ2n) is 36.7. The maximum absolute atomic E-state index is 13.8. The molecule has 0 fully saturated rings. The number of ether oxygens (including phenoxy) is 12. The van der Waals surface area contributed by atoms with Crippen LogP contribution in [0.4, 0.5) is 0 Å². The summed E-state index contributed by atoms with van der Waals surface area (Å²) in [5.74, 6) is -6.98. The first kappa shape index (κ1) is 103. The van der Waals surface area contributed by atoms with Crippen LogP contribution in [0.5, 0.6) is 0 Å². The fourth-order valence-corrected chi connectivity index (χ4v) is 10.3. The van der Waals surface area contributed by atoms with Gasteiger partial charge in [0.25, 0.3) is 0 Å². The highest BCUT2D eigenvalue weighted by Gasteiger charge is 2.39. The molecule has 0 saturated heterocycles. The summed E-state index contributed by atoms with van der Waals surface area (Å²) in [6.45, 7) is 43.3. The summed E-state index contributed by atoms with van der Waals surface area (Å²) < 4.78 is 68.5. The molecular weight excluding hydrogens is 1430 g/mol. The van der Waals surface area contributed by atoms with Crippen LogP contribution in [0.25, 0.3) is 0 Å². The molecule has 0 saturated carbocycles. The number of esters is 9. The highest BCUT2D eigenvalue weighted by atomic mass is 16.6. The van der Waals surface area contributed by atoms with E-state index in [1.54, 1.807) is 187 Å². The van der Waals surface area contributed by atoms with E-state index in [0.717, 1.165) is 0 Å². The van der Waals surface area contributed by atoms with Gasteiger partial charge in [-0.15, -0.1) is 0 Å². The number of hydrogen-bond acceptors (Lipinski definition) is 28. The Morgan fingerprint density at radius 1 is 0.273 bits per heavy atom. The highest BCUT2D eigenvalue weighted by molar-refractivity contribution is 5.83. The Labute approximate surface area is 656 Å². The lowest BCUT2D eigenvalue weighted by Gasteiger charge is -2.33. The van der Waals surface area contributed by atoms with E-state index in [2.05, 4.69) is 16.0 Å². The van der Waals surface area contributed by atoms with E-state index in [1.807, 2.05) is 0 Å². The van der Waals surface area contributed by atoms with Gasteiger partial charge < -0.3 is 78.5 Å². The summed E-state index contributed by atoms with van der Waals surface area (Å²) >= 11 is 0. The maximum Gasteiger partial charge on any atom is 0.323 e. The van der Waals surface area contributed by atoms with Gasteiger partial charge in [0, 0.05) is 38.9 Å². The molecule has 0 aromatic heterocycles. The van der Waals surface area contributed by atoms with Crippen molar-refractivity contribution in [3.05, 3.63) is 0 Å². The van der Waals surface area contributed by atoms with Gasteiger partial charge in [-0.25, -0.2) is 0 Å². The van der Waals surface area contributed by atoms with E-state index >= 15 is 0 Å². The molecule has 110 heavy (non-hydrogen) atoms. The summed E-state index contributed by atoms with van der Waals surface area (Å²) in [4.78, 5) is 164. The first-order valence-electron chi connectivity index (χ1n) is 38.5. The van der Waals surface area contributed by atoms with Gasteiger partial charge in [0.15, 0.2) is 0 Å². The molecule has 3 atom stereocenters. The monoisotopic (exact) mass is 1570 g/mol. The second-order valence-corrected chi connectivity index (χ2v) is 36.7. The Hall–Kier alpha value is -6.64. The molecule has 0 aliphatic carbocycles. The van der Waals surface area contributed by atoms with Crippen LogP contribution in [-0.2, 0) is 114 Å². The molecule has 5 N–H and O–H groups in total. The molecule has 0 aliphatic heterocycles. The zero-order chi connectivity index (χ0) is 85.1. The van der Waals surface area contributed by atoms with E-state index in [-0.39, 0.29) is 116 Å². The molecular formula is C79H143N7O24.